The van der Waals surface area contributed by atoms with Crippen molar-refractivity contribution in [3.05, 3.63) is 42.1 Å². The van der Waals surface area contributed by atoms with Crippen LogP contribution in [-0.4, -0.2) is 36.2 Å². The lowest BCUT2D eigenvalue weighted by Crippen LogP contribution is -2.28. The van der Waals surface area contributed by atoms with Crippen LogP contribution in [0.5, 0.6) is 0 Å². The molecule has 4 aromatic rings. The summed E-state index contributed by atoms with van der Waals surface area (Å²) in [7, 11) is 0. The topological polar surface area (TPSA) is 95.2 Å². The van der Waals surface area contributed by atoms with Crippen molar-refractivity contribution < 1.29 is 0 Å². The zero-order chi connectivity index (χ0) is 15.2. The molecule has 3 N–H and O–H groups in total. The van der Waals surface area contributed by atoms with Gasteiger partial charge in [0.05, 0.1) is 11.6 Å². The summed E-state index contributed by atoms with van der Waals surface area (Å²) in [5, 5.41) is 12.8. The molecule has 5 rings (SSSR count). The molecule has 0 fully saturated rings. The Labute approximate surface area is 131 Å². The molecule has 7 heteroatoms. The third-order valence-corrected chi connectivity index (χ3v) is 4.59. The lowest BCUT2D eigenvalue weighted by Gasteiger charge is -2.26. The van der Waals surface area contributed by atoms with Gasteiger partial charge in [-0.1, -0.05) is 0 Å². The fourth-order valence-corrected chi connectivity index (χ4v) is 3.45. The van der Waals surface area contributed by atoms with Gasteiger partial charge in [-0.25, -0.2) is 15.0 Å². The van der Waals surface area contributed by atoms with Crippen LogP contribution in [0.3, 0.4) is 0 Å². The number of anilines is 1. The molecule has 4 heterocycles. The summed E-state index contributed by atoms with van der Waals surface area (Å²) in [6.07, 6.45) is 10.4. The molecular formula is C16H15N7. The highest BCUT2D eigenvalue weighted by molar-refractivity contribution is 5.86. The monoisotopic (exact) mass is 305 g/mol. The van der Waals surface area contributed by atoms with Gasteiger partial charge < -0.3 is 10.3 Å². The first-order chi connectivity index (χ1) is 11.4. The zero-order valence-corrected chi connectivity index (χ0v) is 12.4. The van der Waals surface area contributed by atoms with Gasteiger partial charge in [-0.2, -0.15) is 5.10 Å². The Morgan fingerprint density at radius 1 is 1.09 bits per heavy atom. The number of hydrogen-bond acceptors (Lipinski definition) is 5. The molecule has 0 aromatic carbocycles. The Morgan fingerprint density at radius 2 is 2.09 bits per heavy atom. The molecule has 114 valence electrons. The summed E-state index contributed by atoms with van der Waals surface area (Å²) in [6, 6.07) is 2.35. The van der Waals surface area contributed by atoms with E-state index in [-0.39, 0.29) is 0 Å². The van der Waals surface area contributed by atoms with Gasteiger partial charge in [-0.05, 0) is 36.5 Å². The van der Waals surface area contributed by atoms with Crippen LogP contribution in [0.25, 0.3) is 22.1 Å². The number of nitrogens with zero attached hydrogens (tertiary/aromatic N) is 4. The third kappa shape index (κ3) is 1.97. The maximum Gasteiger partial charge on any atom is 0.155 e. The van der Waals surface area contributed by atoms with E-state index in [0.29, 0.717) is 6.04 Å². The van der Waals surface area contributed by atoms with E-state index in [0.717, 1.165) is 47.1 Å². The van der Waals surface area contributed by atoms with Crippen LogP contribution in [0.2, 0.25) is 0 Å². The Hall–Kier alpha value is -2.96. The van der Waals surface area contributed by atoms with E-state index in [9.17, 15) is 0 Å². The van der Waals surface area contributed by atoms with Crippen molar-refractivity contribution in [3.8, 4) is 0 Å². The lowest BCUT2D eigenvalue weighted by atomic mass is 9.88. The largest absolute Gasteiger partial charge is 0.366 e. The van der Waals surface area contributed by atoms with Crippen LogP contribution in [0.15, 0.2) is 31.0 Å². The molecule has 0 aliphatic heterocycles. The van der Waals surface area contributed by atoms with E-state index in [4.69, 9.17) is 0 Å². The molecule has 0 spiro atoms. The van der Waals surface area contributed by atoms with E-state index in [2.05, 4.69) is 35.5 Å². The van der Waals surface area contributed by atoms with Crippen LogP contribution < -0.4 is 5.32 Å². The fraction of sp³-hybridized carbons (Fsp3) is 0.250. The summed E-state index contributed by atoms with van der Waals surface area (Å²) in [6.45, 7) is 0. The summed E-state index contributed by atoms with van der Waals surface area (Å²) < 4.78 is 0. The van der Waals surface area contributed by atoms with Gasteiger partial charge in [0.1, 0.15) is 17.8 Å². The Morgan fingerprint density at radius 3 is 3.09 bits per heavy atom. The number of aromatic nitrogens is 6. The van der Waals surface area contributed by atoms with E-state index < -0.39 is 0 Å². The van der Waals surface area contributed by atoms with E-state index >= 15 is 0 Å². The molecule has 4 aromatic heterocycles. The van der Waals surface area contributed by atoms with Gasteiger partial charge in [0, 0.05) is 23.8 Å². The standard InChI is InChI=1S/C16H15N7/c1-2-11-9(6-18-16-13(11)7-21-23-16)5-10(1)22-15-12-3-4-17-14(12)19-8-20-15/h3-4,6-8,10H,1-2,5H2,(H,18,21,23)(H2,17,19,20,22). The molecule has 1 aliphatic carbocycles. The number of aromatic amines is 2. The molecular weight excluding hydrogens is 290 g/mol. The number of aryl methyl sites for hydroxylation is 1. The smallest absolute Gasteiger partial charge is 0.155 e. The number of hydrogen-bond donors (Lipinski definition) is 3. The Bertz CT molecular complexity index is 1000. The van der Waals surface area contributed by atoms with Crippen LogP contribution in [0, 0.1) is 0 Å². The SMILES string of the molecule is c1nc(NC2CCc3c(cnc4[nH]ncc34)C2)c2cc[nH]c2n1. The Kier molecular flexibility index (Phi) is 2.61. The summed E-state index contributed by atoms with van der Waals surface area (Å²) in [5.74, 6) is 0.891. The first-order valence-electron chi connectivity index (χ1n) is 7.73. The normalized spacial score (nSPS) is 17.5. The number of pyridine rings is 1. The number of H-pyrrole nitrogens is 2. The van der Waals surface area contributed by atoms with Crippen molar-refractivity contribution in [1.29, 1.82) is 0 Å². The highest BCUT2D eigenvalue weighted by atomic mass is 15.1. The van der Waals surface area contributed by atoms with Gasteiger partial charge in [0.25, 0.3) is 0 Å². The van der Waals surface area contributed by atoms with E-state index in [1.165, 1.54) is 11.1 Å². The van der Waals surface area contributed by atoms with Crippen molar-refractivity contribution >= 4 is 27.9 Å². The van der Waals surface area contributed by atoms with Gasteiger partial charge in [0.15, 0.2) is 5.65 Å². The third-order valence-electron chi connectivity index (χ3n) is 4.59. The molecule has 0 saturated heterocycles. The van der Waals surface area contributed by atoms with Crippen molar-refractivity contribution in [2.24, 2.45) is 0 Å². The quantitative estimate of drug-likeness (QED) is 0.527. The molecule has 1 aliphatic rings. The number of nitrogens with one attached hydrogen (secondary N) is 3. The average Bonchev–Trinajstić information content (AvgIpc) is 3.24. The van der Waals surface area contributed by atoms with Crippen molar-refractivity contribution in [2.45, 2.75) is 25.3 Å². The molecule has 0 saturated carbocycles. The molecule has 7 nitrogen and oxygen atoms in total. The van der Waals surface area contributed by atoms with E-state index in [1.807, 2.05) is 24.7 Å². The second kappa shape index (κ2) is 4.77. The predicted molar refractivity (Wildman–Crippen MR) is 87.2 cm³/mol. The summed E-state index contributed by atoms with van der Waals surface area (Å²) in [5.41, 5.74) is 4.40. The maximum atomic E-state index is 4.46. The zero-order valence-electron chi connectivity index (χ0n) is 12.4. The van der Waals surface area contributed by atoms with Crippen molar-refractivity contribution in [1.82, 2.24) is 30.1 Å². The van der Waals surface area contributed by atoms with Crippen molar-refractivity contribution in [2.75, 3.05) is 5.32 Å². The summed E-state index contributed by atoms with van der Waals surface area (Å²) in [4.78, 5) is 16.2. The lowest BCUT2D eigenvalue weighted by molar-refractivity contribution is 0.610. The molecule has 23 heavy (non-hydrogen) atoms. The van der Waals surface area contributed by atoms with Crippen LogP contribution in [-0.2, 0) is 12.8 Å². The average molecular weight is 305 g/mol. The minimum atomic E-state index is 0.349. The number of fused-ring (bicyclic) bond motifs is 4. The number of rotatable bonds is 2. The van der Waals surface area contributed by atoms with Crippen LogP contribution in [0.1, 0.15) is 17.5 Å². The van der Waals surface area contributed by atoms with E-state index in [1.54, 1.807) is 6.33 Å². The minimum Gasteiger partial charge on any atom is -0.366 e. The summed E-state index contributed by atoms with van der Waals surface area (Å²) >= 11 is 0. The molecule has 1 atom stereocenters. The van der Waals surface area contributed by atoms with Gasteiger partial charge in [0.2, 0.25) is 0 Å². The van der Waals surface area contributed by atoms with Crippen molar-refractivity contribution in [3.63, 3.8) is 0 Å². The first kappa shape index (κ1) is 12.6. The minimum absolute atomic E-state index is 0.349. The second-order valence-electron chi connectivity index (χ2n) is 5.94. The van der Waals surface area contributed by atoms with Gasteiger partial charge in [-0.3, -0.25) is 5.10 Å². The Balaban J connectivity index is 1.46. The van der Waals surface area contributed by atoms with Crippen LogP contribution in [0.4, 0.5) is 5.82 Å². The fourth-order valence-electron chi connectivity index (χ4n) is 3.45. The highest BCUT2D eigenvalue weighted by Gasteiger charge is 2.22. The molecule has 1 unspecified atom stereocenters. The predicted octanol–water partition coefficient (Wildman–Crippen LogP) is 2.20. The van der Waals surface area contributed by atoms with Gasteiger partial charge >= 0.3 is 0 Å². The second-order valence-corrected chi connectivity index (χ2v) is 5.94. The highest BCUT2D eigenvalue weighted by Crippen LogP contribution is 2.29. The first-order valence-corrected chi connectivity index (χ1v) is 7.73. The maximum absolute atomic E-state index is 4.46. The molecule has 0 bridgehead atoms. The van der Waals surface area contributed by atoms with Gasteiger partial charge in [-0.15, -0.1) is 0 Å². The molecule has 0 radical (unpaired) electrons. The van der Waals surface area contributed by atoms with Crippen LogP contribution >= 0.6 is 0 Å². The molecule has 0 amide bonds.